The molecule has 0 heterocycles. The molecule has 2 aromatic rings. The zero-order valence-electron chi connectivity index (χ0n) is 15.7. The number of ether oxygens (including phenoxy) is 3. The highest BCUT2D eigenvalue weighted by molar-refractivity contribution is 5.85. The lowest BCUT2D eigenvalue weighted by molar-refractivity contribution is -0.384. The highest BCUT2D eigenvalue weighted by atomic mass is 35.5. The normalized spacial score (nSPS) is 9.93. The molecule has 0 aliphatic carbocycles. The zero-order chi connectivity index (χ0) is 19.1. The molecule has 2 N–H and O–H groups in total. The number of benzene rings is 2. The number of nitrogens with one attached hydrogen (secondary N) is 2. The highest BCUT2D eigenvalue weighted by Gasteiger charge is 2.14. The molecule has 8 nitrogen and oxygen atoms in total. The number of anilines is 1. The average Bonchev–Trinajstić information content (AvgIpc) is 2.66. The molecule has 0 saturated carbocycles. The van der Waals surface area contributed by atoms with Crippen molar-refractivity contribution in [3.8, 4) is 17.2 Å². The van der Waals surface area contributed by atoms with Gasteiger partial charge in [-0.05, 0) is 29.3 Å². The van der Waals surface area contributed by atoms with Crippen molar-refractivity contribution in [1.82, 2.24) is 5.32 Å². The van der Waals surface area contributed by atoms with E-state index in [1.165, 1.54) is 0 Å². The van der Waals surface area contributed by atoms with Gasteiger partial charge in [0.25, 0.3) is 5.69 Å². The molecule has 0 radical (unpaired) electrons. The van der Waals surface area contributed by atoms with Crippen LogP contribution in [0.1, 0.15) is 11.1 Å². The first-order valence-electron chi connectivity index (χ1n) is 7.98. The molecule has 2 rings (SSSR count). The smallest absolute Gasteiger partial charge is 0.292 e. The predicted molar refractivity (Wildman–Crippen MR) is 107 cm³/mol. The number of nitrogens with zero attached hydrogens (tertiary/aromatic N) is 1. The Bertz CT molecular complexity index is 761. The summed E-state index contributed by atoms with van der Waals surface area (Å²) >= 11 is 0. The largest absolute Gasteiger partial charge is 0.493 e. The second-order valence-electron chi connectivity index (χ2n) is 5.50. The molecule has 0 unspecified atom stereocenters. The van der Waals surface area contributed by atoms with E-state index in [0.717, 1.165) is 11.1 Å². The predicted octanol–water partition coefficient (Wildman–Crippen LogP) is 3.37. The van der Waals surface area contributed by atoms with E-state index in [4.69, 9.17) is 14.2 Å². The lowest BCUT2D eigenvalue weighted by atomic mass is 10.1. The molecule has 0 atom stereocenters. The number of nitro groups is 1. The van der Waals surface area contributed by atoms with Gasteiger partial charge in [-0.15, -0.1) is 12.4 Å². The highest BCUT2D eigenvalue weighted by Crippen LogP contribution is 2.38. The number of rotatable bonds is 9. The summed E-state index contributed by atoms with van der Waals surface area (Å²) in [5.41, 5.74) is 2.31. The Labute approximate surface area is 164 Å². The van der Waals surface area contributed by atoms with E-state index < -0.39 is 4.92 Å². The number of hydrogen-bond donors (Lipinski definition) is 2. The molecule has 0 aliphatic rings. The molecule has 0 aromatic heterocycles. The lowest BCUT2D eigenvalue weighted by Crippen LogP contribution is -2.13. The third kappa shape index (κ3) is 5.38. The molecular formula is C18H24ClN3O5. The maximum atomic E-state index is 11.1. The Kier molecular flexibility index (Phi) is 8.64. The Balaban J connectivity index is 0.00000364. The topological polar surface area (TPSA) is 94.9 Å². The van der Waals surface area contributed by atoms with Crippen LogP contribution in [0.3, 0.4) is 0 Å². The van der Waals surface area contributed by atoms with Gasteiger partial charge in [0.1, 0.15) is 5.69 Å². The molecule has 0 bridgehead atoms. The second kappa shape index (κ2) is 10.4. The van der Waals surface area contributed by atoms with Crippen molar-refractivity contribution in [1.29, 1.82) is 0 Å². The summed E-state index contributed by atoms with van der Waals surface area (Å²) < 4.78 is 16.0. The maximum absolute atomic E-state index is 11.1. The zero-order valence-corrected chi connectivity index (χ0v) is 16.5. The van der Waals surface area contributed by atoms with Crippen LogP contribution in [-0.4, -0.2) is 33.3 Å². The van der Waals surface area contributed by atoms with Gasteiger partial charge in [0.2, 0.25) is 5.75 Å². The van der Waals surface area contributed by atoms with Gasteiger partial charge >= 0.3 is 0 Å². The van der Waals surface area contributed by atoms with Crippen LogP contribution < -0.4 is 24.8 Å². The fourth-order valence-corrected chi connectivity index (χ4v) is 2.64. The summed E-state index contributed by atoms with van der Waals surface area (Å²) in [6.45, 7) is 1.03. The van der Waals surface area contributed by atoms with Crippen molar-refractivity contribution in [3.05, 3.63) is 51.6 Å². The van der Waals surface area contributed by atoms with Crippen molar-refractivity contribution < 1.29 is 19.1 Å². The summed E-state index contributed by atoms with van der Waals surface area (Å²) in [7, 11) is 6.35. The standard InChI is InChI=1S/C18H23N3O5.ClH/c1-19-14-6-5-12(7-15(14)21(22)23)10-20-11-13-8-16(24-2)18(26-4)17(9-13)25-3;/h5-9,19-20H,10-11H2,1-4H3;1H. The number of halogens is 1. The SMILES string of the molecule is CNc1ccc(CNCc2cc(OC)c(OC)c(OC)c2)cc1[N+](=O)[O-].Cl. The quantitative estimate of drug-likeness (QED) is 0.494. The number of nitro benzene ring substituents is 1. The van der Waals surface area contributed by atoms with Crippen LogP contribution >= 0.6 is 12.4 Å². The van der Waals surface area contributed by atoms with Gasteiger partial charge < -0.3 is 24.8 Å². The van der Waals surface area contributed by atoms with Crippen LogP contribution in [-0.2, 0) is 13.1 Å². The van der Waals surface area contributed by atoms with E-state index >= 15 is 0 Å². The number of methoxy groups -OCH3 is 3. The van der Waals surface area contributed by atoms with Gasteiger partial charge in [0, 0.05) is 26.2 Å². The van der Waals surface area contributed by atoms with Crippen LogP contribution in [0.5, 0.6) is 17.2 Å². The van der Waals surface area contributed by atoms with E-state index in [1.807, 2.05) is 18.2 Å². The molecule has 27 heavy (non-hydrogen) atoms. The fraction of sp³-hybridized carbons (Fsp3) is 0.333. The molecule has 0 spiro atoms. The summed E-state index contributed by atoms with van der Waals surface area (Å²) in [4.78, 5) is 10.7. The third-order valence-electron chi connectivity index (χ3n) is 3.91. The second-order valence-corrected chi connectivity index (χ2v) is 5.50. The molecule has 148 valence electrons. The molecule has 9 heteroatoms. The van der Waals surface area contributed by atoms with E-state index in [0.29, 0.717) is 36.0 Å². The Morgan fingerprint density at radius 1 is 0.963 bits per heavy atom. The van der Waals surface area contributed by atoms with Crippen molar-refractivity contribution in [2.24, 2.45) is 0 Å². The van der Waals surface area contributed by atoms with E-state index in [-0.39, 0.29) is 18.1 Å². The van der Waals surface area contributed by atoms with Crippen LogP contribution in [0.15, 0.2) is 30.3 Å². The molecule has 0 amide bonds. The Morgan fingerprint density at radius 3 is 2.04 bits per heavy atom. The van der Waals surface area contributed by atoms with Crippen molar-refractivity contribution in [2.45, 2.75) is 13.1 Å². The van der Waals surface area contributed by atoms with Crippen LogP contribution in [0.2, 0.25) is 0 Å². The summed E-state index contributed by atoms with van der Waals surface area (Å²) in [5, 5.41) is 17.2. The summed E-state index contributed by atoms with van der Waals surface area (Å²) in [5.74, 6) is 1.70. The van der Waals surface area contributed by atoms with Gasteiger partial charge in [-0.2, -0.15) is 0 Å². The van der Waals surface area contributed by atoms with Gasteiger partial charge in [0.15, 0.2) is 11.5 Å². The molecule has 0 fully saturated rings. The maximum Gasteiger partial charge on any atom is 0.292 e. The van der Waals surface area contributed by atoms with Crippen LogP contribution in [0.25, 0.3) is 0 Å². The van der Waals surface area contributed by atoms with Crippen LogP contribution in [0.4, 0.5) is 11.4 Å². The van der Waals surface area contributed by atoms with E-state index in [1.54, 1.807) is 40.5 Å². The third-order valence-corrected chi connectivity index (χ3v) is 3.91. The van der Waals surface area contributed by atoms with Gasteiger partial charge in [-0.1, -0.05) is 6.07 Å². The minimum Gasteiger partial charge on any atom is -0.493 e. The minimum atomic E-state index is -0.394. The summed E-state index contributed by atoms with van der Waals surface area (Å²) in [6, 6.07) is 8.84. The van der Waals surface area contributed by atoms with Gasteiger partial charge in [-0.25, -0.2) is 0 Å². The first-order chi connectivity index (χ1) is 12.5. The van der Waals surface area contributed by atoms with Crippen molar-refractivity contribution >= 4 is 23.8 Å². The Hall–Kier alpha value is -2.71. The molecule has 2 aromatic carbocycles. The monoisotopic (exact) mass is 397 g/mol. The lowest BCUT2D eigenvalue weighted by Gasteiger charge is -2.14. The van der Waals surface area contributed by atoms with Crippen molar-refractivity contribution in [3.63, 3.8) is 0 Å². The molecular weight excluding hydrogens is 374 g/mol. The van der Waals surface area contributed by atoms with Crippen LogP contribution in [0, 0.1) is 10.1 Å². The fourth-order valence-electron chi connectivity index (χ4n) is 2.64. The Morgan fingerprint density at radius 2 is 1.56 bits per heavy atom. The molecule has 0 saturated heterocycles. The van der Waals surface area contributed by atoms with E-state index in [2.05, 4.69) is 10.6 Å². The van der Waals surface area contributed by atoms with Gasteiger partial charge in [-0.3, -0.25) is 10.1 Å². The minimum absolute atomic E-state index is 0. The molecule has 0 aliphatic heterocycles. The van der Waals surface area contributed by atoms with E-state index in [9.17, 15) is 10.1 Å². The average molecular weight is 398 g/mol. The first-order valence-corrected chi connectivity index (χ1v) is 7.98. The van der Waals surface area contributed by atoms with Crippen molar-refractivity contribution in [2.75, 3.05) is 33.7 Å². The summed E-state index contributed by atoms with van der Waals surface area (Å²) in [6.07, 6.45) is 0. The number of hydrogen-bond acceptors (Lipinski definition) is 7. The van der Waals surface area contributed by atoms with Gasteiger partial charge in [0.05, 0.1) is 26.3 Å². The first kappa shape index (κ1) is 22.3.